The van der Waals surface area contributed by atoms with Crippen LogP contribution in [0.2, 0.25) is 0 Å². The highest BCUT2D eigenvalue weighted by atomic mass is 16.7. The number of rotatable bonds is 5. The van der Waals surface area contributed by atoms with Gasteiger partial charge >= 0.3 is 0 Å². The van der Waals surface area contributed by atoms with Gasteiger partial charge in [-0.15, -0.1) is 0 Å². The molecule has 0 atom stereocenters. The zero-order chi connectivity index (χ0) is 20.4. The van der Waals surface area contributed by atoms with E-state index in [0.29, 0.717) is 19.8 Å². The second-order valence-corrected chi connectivity index (χ2v) is 8.70. The maximum atomic E-state index is 12.5. The van der Waals surface area contributed by atoms with Crippen LogP contribution in [0.3, 0.4) is 0 Å². The number of piperazine rings is 1. The molecule has 0 unspecified atom stereocenters. The first kappa shape index (κ1) is 19.9. The van der Waals surface area contributed by atoms with E-state index in [0.717, 1.165) is 69.7 Å². The predicted molar refractivity (Wildman–Crippen MR) is 112 cm³/mol. The summed E-state index contributed by atoms with van der Waals surface area (Å²) in [7, 11) is 0. The number of nitrogens with one attached hydrogen (secondary N) is 1. The average Bonchev–Trinajstić information content (AvgIpc) is 3.38. The number of carbonyl (C=O) groups excluding carboxylic acids is 1. The molecule has 3 fully saturated rings. The number of aromatic nitrogens is 2. The van der Waals surface area contributed by atoms with Crippen molar-refractivity contribution in [1.82, 2.24) is 24.5 Å². The van der Waals surface area contributed by atoms with Gasteiger partial charge in [0.25, 0.3) is 0 Å². The lowest BCUT2D eigenvalue weighted by Crippen LogP contribution is -2.51. The molecule has 8 nitrogen and oxygen atoms in total. The Hall–Kier alpha value is -2.00. The van der Waals surface area contributed by atoms with Crippen molar-refractivity contribution in [3.05, 3.63) is 36.3 Å². The van der Waals surface area contributed by atoms with Crippen LogP contribution in [0.4, 0.5) is 0 Å². The molecule has 162 valence electrons. The standard InChI is InChI=1S/C22H31N5O3/c28-21(24-18-4-6-22(7-5-18)29-13-14-30-22)17-26-11-9-25(10-12-26)15-19-16-27-8-2-1-3-20(27)23-19/h1-3,8,16,18H,4-7,9-15,17H2,(H,24,28). The van der Waals surface area contributed by atoms with E-state index in [9.17, 15) is 4.79 Å². The molecule has 30 heavy (non-hydrogen) atoms. The molecule has 3 aliphatic rings. The number of amides is 1. The highest BCUT2D eigenvalue weighted by Crippen LogP contribution is 2.35. The van der Waals surface area contributed by atoms with Crippen LogP contribution in [0.25, 0.3) is 5.65 Å². The highest BCUT2D eigenvalue weighted by molar-refractivity contribution is 5.78. The molecule has 0 aromatic carbocycles. The molecule has 8 heteroatoms. The molecule has 0 radical (unpaired) electrons. The Labute approximate surface area is 177 Å². The maximum Gasteiger partial charge on any atom is 0.234 e. The van der Waals surface area contributed by atoms with Gasteiger partial charge in [0.2, 0.25) is 5.91 Å². The van der Waals surface area contributed by atoms with Crippen LogP contribution in [0.15, 0.2) is 30.6 Å². The van der Waals surface area contributed by atoms with Gasteiger partial charge in [-0.1, -0.05) is 6.07 Å². The van der Waals surface area contributed by atoms with Crippen LogP contribution < -0.4 is 5.32 Å². The predicted octanol–water partition coefficient (Wildman–Crippen LogP) is 1.25. The molecule has 2 aromatic rings. The lowest BCUT2D eigenvalue weighted by Gasteiger charge is -2.36. The molecule has 4 heterocycles. The number of hydrogen-bond donors (Lipinski definition) is 1. The lowest BCUT2D eigenvalue weighted by atomic mass is 9.90. The van der Waals surface area contributed by atoms with Gasteiger partial charge in [-0.25, -0.2) is 4.98 Å². The Kier molecular flexibility index (Phi) is 5.73. The van der Waals surface area contributed by atoms with Crippen LogP contribution >= 0.6 is 0 Å². The number of carbonyl (C=O) groups is 1. The van der Waals surface area contributed by atoms with Crippen molar-refractivity contribution in [2.75, 3.05) is 45.9 Å². The van der Waals surface area contributed by atoms with E-state index in [2.05, 4.69) is 25.7 Å². The minimum absolute atomic E-state index is 0.137. The smallest absolute Gasteiger partial charge is 0.234 e. The summed E-state index contributed by atoms with van der Waals surface area (Å²) in [6, 6.07) is 6.30. The summed E-state index contributed by atoms with van der Waals surface area (Å²) >= 11 is 0. The molecule has 1 aliphatic carbocycles. The van der Waals surface area contributed by atoms with Gasteiger partial charge < -0.3 is 19.2 Å². The van der Waals surface area contributed by atoms with Gasteiger partial charge in [0.05, 0.1) is 25.5 Å². The Bertz CT molecular complexity index is 828. The molecule has 1 amide bonds. The summed E-state index contributed by atoms with van der Waals surface area (Å²) in [6.45, 7) is 6.48. The van der Waals surface area contributed by atoms with Crippen molar-refractivity contribution in [3.63, 3.8) is 0 Å². The number of pyridine rings is 1. The third-order valence-corrected chi connectivity index (χ3v) is 6.56. The van der Waals surface area contributed by atoms with E-state index < -0.39 is 0 Å². The van der Waals surface area contributed by atoms with E-state index in [1.54, 1.807) is 0 Å². The molecule has 1 N–H and O–H groups in total. The van der Waals surface area contributed by atoms with Gasteiger partial charge in [0, 0.05) is 64.0 Å². The van der Waals surface area contributed by atoms with E-state index >= 15 is 0 Å². The Balaban J connectivity index is 1.03. The highest BCUT2D eigenvalue weighted by Gasteiger charge is 2.40. The van der Waals surface area contributed by atoms with Gasteiger partial charge in [0.15, 0.2) is 5.79 Å². The fraction of sp³-hybridized carbons (Fsp3) is 0.636. The van der Waals surface area contributed by atoms with Gasteiger partial charge in [-0.2, -0.15) is 0 Å². The first-order valence-corrected chi connectivity index (χ1v) is 11.1. The largest absolute Gasteiger partial charge is 0.352 e. The van der Waals surface area contributed by atoms with Crippen molar-refractivity contribution < 1.29 is 14.3 Å². The summed E-state index contributed by atoms with van der Waals surface area (Å²) in [5, 5.41) is 3.22. The van der Waals surface area contributed by atoms with E-state index in [1.165, 1.54) is 0 Å². The van der Waals surface area contributed by atoms with Crippen molar-refractivity contribution in [3.8, 4) is 0 Å². The summed E-state index contributed by atoms with van der Waals surface area (Å²) in [5.41, 5.74) is 2.08. The topological polar surface area (TPSA) is 71.3 Å². The van der Waals surface area contributed by atoms with E-state index in [4.69, 9.17) is 14.5 Å². The van der Waals surface area contributed by atoms with Gasteiger partial charge in [0.1, 0.15) is 5.65 Å². The van der Waals surface area contributed by atoms with Crippen molar-refractivity contribution >= 4 is 11.6 Å². The number of fused-ring (bicyclic) bond motifs is 1. The molecule has 2 aromatic heterocycles. The summed E-state index contributed by atoms with van der Waals surface area (Å²) in [5.74, 6) is -0.226. The summed E-state index contributed by atoms with van der Waals surface area (Å²) in [6.07, 6.45) is 7.74. The van der Waals surface area contributed by atoms with Crippen LogP contribution in [-0.2, 0) is 20.8 Å². The SMILES string of the molecule is O=C(CN1CCN(Cc2cn3ccccc3n2)CC1)NC1CCC2(CC1)OCCO2. The van der Waals surface area contributed by atoms with Gasteiger partial charge in [-0.3, -0.25) is 14.6 Å². The van der Waals surface area contributed by atoms with E-state index in [1.807, 2.05) is 24.4 Å². The molecular weight excluding hydrogens is 382 g/mol. The third kappa shape index (κ3) is 4.51. The molecule has 0 bridgehead atoms. The molecule has 2 saturated heterocycles. The van der Waals surface area contributed by atoms with Crippen LogP contribution in [0.1, 0.15) is 31.4 Å². The van der Waals surface area contributed by atoms with Gasteiger partial charge in [-0.05, 0) is 25.0 Å². The number of hydrogen-bond acceptors (Lipinski definition) is 6. The molecule has 1 saturated carbocycles. The van der Waals surface area contributed by atoms with Crippen molar-refractivity contribution in [2.24, 2.45) is 0 Å². The minimum Gasteiger partial charge on any atom is -0.352 e. The van der Waals surface area contributed by atoms with Crippen molar-refractivity contribution in [1.29, 1.82) is 0 Å². The number of imidazole rings is 1. The quantitative estimate of drug-likeness (QED) is 0.796. The molecule has 2 aliphatic heterocycles. The summed E-state index contributed by atoms with van der Waals surface area (Å²) in [4.78, 5) is 21.9. The number of nitrogens with zero attached hydrogens (tertiary/aromatic N) is 4. The molecule has 1 spiro atoms. The normalized spacial score (nSPS) is 23.3. The Morgan fingerprint density at radius 1 is 1.10 bits per heavy atom. The average molecular weight is 414 g/mol. The first-order chi connectivity index (χ1) is 14.7. The van der Waals surface area contributed by atoms with Crippen LogP contribution in [0, 0.1) is 0 Å². The summed E-state index contributed by atoms with van der Waals surface area (Å²) < 4.78 is 13.6. The second-order valence-electron chi connectivity index (χ2n) is 8.70. The van der Waals surface area contributed by atoms with Crippen LogP contribution in [0.5, 0.6) is 0 Å². The molecular formula is C22H31N5O3. The van der Waals surface area contributed by atoms with Crippen LogP contribution in [-0.4, -0.2) is 82.9 Å². The number of ether oxygens (including phenoxy) is 2. The van der Waals surface area contributed by atoms with E-state index in [-0.39, 0.29) is 17.7 Å². The monoisotopic (exact) mass is 413 g/mol. The zero-order valence-electron chi connectivity index (χ0n) is 17.5. The fourth-order valence-corrected chi connectivity index (χ4v) is 4.86. The zero-order valence-corrected chi connectivity index (χ0v) is 17.5. The Morgan fingerprint density at radius 2 is 1.83 bits per heavy atom. The lowest BCUT2D eigenvalue weighted by molar-refractivity contribution is -0.180. The van der Waals surface area contributed by atoms with Crippen molar-refractivity contribution in [2.45, 2.75) is 44.1 Å². The fourth-order valence-electron chi connectivity index (χ4n) is 4.86. The second kappa shape index (κ2) is 8.63. The Morgan fingerprint density at radius 3 is 2.57 bits per heavy atom. The maximum absolute atomic E-state index is 12.5. The third-order valence-electron chi connectivity index (χ3n) is 6.56. The molecule has 5 rings (SSSR count). The minimum atomic E-state index is -0.363. The first-order valence-electron chi connectivity index (χ1n) is 11.1.